The molecule has 3 rings (SSSR count). The van der Waals surface area contributed by atoms with Gasteiger partial charge in [0.15, 0.2) is 5.82 Å². The minimum Gasteiger partial charge on any atom is -0.317 e. The summed E-state index contributed by atoms with van der Waals surface area (Å²) in [4.78, 5) is 18.0. The van der Waals surface area contributed by atoms with Gasteiger partial charge in [0.1, 0.15) is 0 Å². The molecule has 3 heterocycles. The van der Waals surface area contributed by atoms with E-state index in [2.05, 4.69) is 36.6 Å². The average molecular weight is 435 g/mol. The number of hydrogen-bond acceptors (Lipinski definition) is 5. The summed E-state index contributed by atoms with van der Waals surface area (Å²) in [5.41, 5.74) is 0. The molecule has 1 saturated heterocycles. The van der Waals surface area contributed by atoms with Gasteiger partial charge in [-0.05, 0) is 60.9 Å². The van der Waals surface area contributed by atoms with Crippen molar-refractivity contribution >= 4 is 51.5 Å². The monoisotopic (exact) mass is 433 g/mol. The van der Waals surface area contributed by atoms with Crippen molar-refractivity contribution in [3.63, 3.8) is 0 Å². The van der Waals surface area contributed by atoms with Crippen molar-refractivity contribution in [3.8, 4) is 0 Å². The van der Waals surface area contributed by atoms with E-state index in [1.54, 1.807) is 16.0 Å². The predicted octanol–water partition coefficient (Wildman–Crippen LogP) is 3.27. The first-order chi connectivity index (χ1) is 11.0. The number of carbonyl (C=O) groups excluding carboxylic acids is 1. The topological polar surface area (TPSA) is 71.8 Å². The fraction of sp³-hybridized carbons (Fsp3) is 0.533. The summed E-state index contributed by atoms with van der Waals surface area (Å²) in [5.74, 6) is 1.44. The minimum absolute atomic E-state index is 0. The maximum atomic E-state index is 12.4. The molecule has 1 unspecified atom stereocenters. The van der Waals surface area contributed by atoms with Crippen LogP contribution in [0.3, 0.4) is 0 Å². The van der Waals surface area contributed by atoms with Gasteiger partial charge in [-0.1, -0.05) is 0 Å². The van der Waals surface area contributed by atoms with Gasteiger partial charge in [-0.25, -0.2) is 4.68 Å². The summed E-state index contributed by atoms with van der Waals surface area (Å²) in [6.45, 7) is 3.89. The Bertz CT molecular complexity index is 698. The van der Waals surface area contributed by atoms with Crippen molar-refractivity contribution in [3.05, 3.63) is 26.6 Å². The fourth-order valence-electron chi connectivity index (χ4n) is 2.67. The van der Waals surface area contributed by atoms with E-state index in [4.69, 9.17) is 0 Å². The van der Waals surface area contributed by atoms with Crippen LogP contribution in [0.2, 0.25) is 0 Å². The molecule has 132 valence electrons. The number of piperidine rings is 1. The summed E-state index contributed by atoms with van der Waals surface area (Å²) < 4.78 is 2.69. The van der Waals surface area contributed by atoms with E-state index in [0.29, 0.717) is 11.9 Å². The summed E-state index contributed by atoms with van der Waals surface area (Å²) in [6.07, 6.45) is 2.08. The van der Waals surface area contributed by atoms with Crippen LogP contribution in [0.15, 0.2) is 15.9 Å². The normalized spacial score (nSPS) is 16.5. The summed E-state index contributed by atoms with van der Waals surface area (Å²) in [6, 6.07) is 3.93. The van der Waals surface area contributed by atoms with Gasteiger partial charge in [0.2, 0.25) is 11.9 Å². The van der Waals surface area contributed by atoms with E-state index in [1.165, 1.54) is 0 Å². The highest BCUT2D eigenvalue weighted by molar-refractivity contribution is 9.11. The van der Waals surface area contributed by atoms with E-state index in [9.17, 15) is 4.79 Å². The number of thiophene rings is 1. The van der Waals surface area contributed by atoms with Crippen LogP contribution in [0.4, 0.5) is 5.95 Å². The molecule has 1 aliphatic heterocycles. The molecule has 1 aliphatic rings. The first kappa shape index (κ1) is 19.4. The van der Waals surface area contributed by atoms with E-state index in [0.717, 1.165) is 40.4 Å². The summed E-state index contributed by atoms with van der Waals surface area (Å²) in [5, 5.41) is 10.7. The van der Waals surface area contributed by atoms with Gasteiger partial charge in [0, 0.05) is 17.8 Å². The highest BCUT2D eigenvalue weighted by atomic mass is 79.9. The number of aromatic nitrogens is 3. The molecule has 2 aromatic heterocycles. The first-order valence-electron chi connectivity index (χ1n) is 7.72. The largest absolute Gasteiger partial charge is 0.317 e. The number of nitrogens with zero attached hydrogens (tertiary/aromatic N) is 3. The molecule has 6 nitrogen and oxygen atoms in total. The highest BCUT2D eigenvalue weighted by Gasteiger charge is 2.23. The van der Waals surface area contributed by atoms with Gasteiger partial charge < -0.3 is 5.32 Å². The molecule has 0 radical (unpaired) electrons. The lowest BCUT2D eigenvalue weighted by Gasteiger charge is -2.19. The fourth-order valence-corrected chi connectivity index (χ4v) is 4.15. The van der Waals surface area contributed by atoms with Crippen molar-refractivity contribution in [2.75, 3.05) is 18.4 Å². The lowest BCUT2D eigenvalue weighted by Crippen LogP contribution is -2.27. The first-order valence-corrected chi connectivity index (χ1v) is 9.33. The van der Waals surface area contributed by atoms with Gasteiger partial charge in [-0.15, -0.1) is 23.7 Å². The second kappa shape index (κ2) is 8.42. The van der Waals surface area contributed by atoms with Crippen LogP contribution in [0.5, 0.6) is 0 Å². The SMILES string of the molecule is CC(C(=O)Nc1nc(C2CCNCC2)nn1C)c1ccc(Br)s1.Cl. The number of hydrogen-bond donors (Lipinski definition) is 2. The number of amides is 1. The second-order valence-electron chi connectivity index (χ2n) is 5.79. The Hall–Kier alpha value is -0.960. The Morgan fingerprint density at radius 3 is 2.79 bits per heavy atom. The zero-order valence-electron chi connectivity index (χ0n) is 13.6. The Kier molecular flexibility index (Phi) is 6.79. The zero-order chi connectivity index (χ0) is 16.4. The van der Waals surface area contributed by atoms with Crippen molar-refractivity contribution in [2.45, 2.75) is 31.6 Å². The zero-order valence-corrected chi connectivity index (χ0v) is 16.8. The van der Waals surface area contributed by atoms with Crippen LogP contribution in [-0.4, -0.2) is 33.8 Å². The van der Waals surface area contributed by atoms with E-state index >= 15 is 0 Å². The number of carbonyl (C=O) groups is 1. The number of rotatable bonds is 4. The van der Waals surface area contributed by atoms with Gasteiger partial charge in [0.25, 0.3) is 0 Å². The number of aryl methyl sites for hydroxylation is 1. The van der Waals surface area contributed by atoms with Crippen LogP contribution >= 0.6 is 39.7 Å². The molecular formula is C15H21BrClN5OS. The van der Waals surface area contributed by atoms with Crippen LogP contribution in [-0.2, 0) is 11.8 Å². The van der Waals surface area contributed by atoms with E-state index < -0.39 is 0 Å². The standard InChI is InChI=1S/C15H20BrN5OS.ClH/c1-9(11-3-4-12(16)23-11)14(22)19-15-18-13(20-21(15)2)10-5-7-17-8-6-10;/h3-4,9-10,17H,5-8H2,1-2H3,(H,18,19,20,22);1H. The average Bonchev–Trinajstić information content (AvgIpc) is 3.14. The lowest BCUT2D eigenvalue weighted by molar-refractivity contribution is -0.117. The predicted molar refractivity (Wildman–Crippen MR) is 102 cm³/mol. The third-order valence-corrected chi connectivity index (χ3v) is 5.94. The third-order valence-electron chi connectivity index (χ3n) is 4.13. The molecular weight excluding hydrogens is 414 g/mol. The molecule has 9 heteroatoms. The maximum Gasteiger partial charge on any atom is 0.234 e. The number of nitrogens with one attached hydrogen (secondary N) is 2. The van der Waals surface area contributed by atoms with E-state index in [1.807, 2.05) is 26.1 Å². The molecule has 0 bridgehead atoms. The molecule has 24 heavy (non-hydrogen) atoms. The molecule has 1 amide bonds. The van der Waals surface area contributed by atoms with Crippen molar-refractivity contribution < 1.29 is 4.79 Å². The van der Waals surface area contributed by atoms with Crippen LogP contribution in [0.25, 0.3) is 0 Å². The van der Waals surface area contributed by atoms with Crippen molar-refractivity contribution in [1.29, 1.82) is 0 Å². The Labute approximate surface area is 160 Å². The number of anilines is 1. The Morgan fingerprint density at radius 2 is 2.17 bits per heavy atom. The summed E-state index contributed by atoms with van der Waals surface area (Å²) >= 11 is 5.00. The third kappa shape index (κ3) is 4.36. The van der Waals surface area contributed by atoms with Crippen LogP contribution < -0.4 is 10.6 Å². The van der Waals surface area contributed by atoms with Gasteiger partial charge in [-0.2, -0.15) is 10.1 Å². The van der Waals surface area contributed by atoms with Crippen molar-refractivity contribution in [1.82, 2.24) is 20.1 Å². The maximum absolute atomic E-state index is 12.4. The molecule has 0 aromatic carbocycles. The Balaban J connectivity index is 0.00000208. The molecule has 1 fully saturated rings. The molecule has 0 aliphatic carbocycles. The minimum atomic E-state index is -0.217. The molecule has 1 atom stereocenters. The summed E-state index contributed by atoms with van der Waals surface area (Å²) in [7, 11) is 1.82. The molecule has 0 saturated carbocycles. The molecule has 0 spiro atoms. The smallest absolute Gasteiger partial charge is 0.234 e. The Morgan fingerprint density at radius 1 is 1.46 bits per heavy atom. The highest BCUT2D eigenvalue weighted by Crippen LogP contribution is 2.29. The van der Waals surface area contributed by atoms with Crippen LogP contribution in [0.1, 0.15) is 42.3 Å². The number of halogens is 2. The quantitative estimate of drug-likeness (QED) is 0.775. The second-order valence-corrected chi connectivity index (χ2v) is 8.29. The van der Waals surface area contributed by atoms with Gasteiger partial charge in [-0.3, -0.25) is 10.1 Å². The van der Waals surface area contributed by atoms with Gasteiger partial charge in [0.05, 0.1) is 9.70 Å². The van der Waals surface area contributed by atoms with Crippen LogP contribution in [0, 0.1) is 0 Å². The lowest BCUT2D eigenvalue weighted by atomic mass is 9.98. The molecule has 2 N–H and O–H groups in total. The van der Waals surface area contributed by atoms with Crippen molar-refractivity contribution in [2.24, 2.45) is 7.05 Å². The van der Waals surface area contributed by atoms with E-state index in [-0.39, 0.29) is 24.2 Å². The van der Waals surface area contributed by atoms with Gasteiger partial charge >= 0.3 is 0 Å². The molecule has 2 aromatic rings.